The van der Waals surface area contributed by atoms with E-state index in [2.05, 4.69) is 6.58 Å². The highest BCUT2D eigenvalue weighted by atomic mass is 16.8. The molecule has 0 aromatic heterocycles. The fourth-order valence-corrected chi connectivity index (χ4v) is 1.77. The van der Waals surface area contributed by atoms with Crippen molar-refractivity contribution in [3.8, 4) is 0 Å². The fourth-order valence-electron chi connectivity index (χ4n) is 1.77. The monoisotopic (exact) mass is 272 g/mol. The summed E-state index contributed by atoms with van der Waals surface area (Å²) in [7, 11) is 0. The van der Waals surface area contributed by atoms with Gasteiger partial charge in [-0.2, -0.15) is 0 Å². The molecular weight excluding hydrogens is 252 g/mol. The van der Waals surface area contributed by atoms with Crippen molar-refractivity contribution in [2.45, 2.75) is 51.1 Å². The van der Waals surface area contributed by atoms with E-state index in [0.717, 1.165) is 44.8 Å². The average molecular weight is 272 g/mol. The molecule has 2 rings (SSSR count). The maximum Gasteiger partial charge on any atom is 0.327 e. The molecule has 0 amide bonds. The Labute approximate surface area is 112 Å². The van der Waals surface area contributed by atoms with Crippen LogP contribution in [0.2, 0.25) is 0 Å². The van der Waals surface area contributed by atoms with Crippen LogP contribution in [0.3, 0.4) is 0 Å². The van der Waals surface area contributed by atoms with Gasteiger partial charge < -0.3 is 19.3 Å². The first-order chi connectivity index (χ1) is 9.11. The third kappa shape index (κ3) is 6.93. The van der Waals surface area contributed by atoms with Gasteiger partial charge in [-0.25, -0.2) is 4.79 Å². The number of aliphatic carboxylic acids is 1. The summed E-state index contributed by atoms with van der Waals surface area (Å²) in [6.07, 6.45) is 5.45. The van der Waals surface area contributed by atoms with E-state index in [1.807, 2.05) is 0 Å². The predicted molar refractivity (Wildman–Crippen MR) is 66.2 cm³/mol. The number of hydrogen-bond acceptors (Lipinski definition) is 5. The van der Waals surface area contributed by atoms with Crippen LogP contribution >= 0.6 is 0 Å². The third-order valence-electron chi connectivity index (χ3n) is 2.70. The highest BCUT2D eigenvalue weighted by Gasteiger charge is 2.25. The normalized spacial score (nSPS) is 26.6. The molecule has 19 heavy (non-hydrogen) atoms. The number of carboxylic acids is 1. The second-order valence-electron chi connectivity index (χ2n) is 4.29. The first-order valence-corrected chi connectivity index (χ1v) is 6.43. The van der Waals surface area contributed by atoms with E-state index in [9.17, 15) is 9.59 Å². The molecule has 6 nitrogen and oxygen atoms in total. The summed E-state index contributed by atoms with van der Waals surface area (Å²) in [4.78, 5) is 20.4. The van der Waals surface area contributed by atoms with E-state index in [4.69, 9.17) is 19.3 Å². The topological polar surface area (TPSA) is 82.1 Å². The van der Waals surface area contributed by atoms with Crippen molar-refractivity contribution in [2.24, 2.45) is 0 Å². The van der Waals surface area contributed by atoms with Gasteiger partial charge in [-0.1, -0.05) is 6.58 Å². The van der Waals surface area contributed by atoms with Gasteiger partial charge in [-0.3, -0.25) is 4.79 Å². The summed E-state index contributed by atoms with van der Waals surface area (Å²) in [6, 6.07) is 0. The van der Waals surface area contributed by atoms with E-state index in [-0.39, 0.29) is 18.5 Å². The van der Waals surface area contributed by atoms with Crippen LogP contribution in [0.4, 0.5) is 0 Å². The van der Waals surface area contributed by atoms with Gasteiger partial charge in [0.15, 0.2) is 6.29 Å². The Balaban J connectivity index is 0.000000312. The van der Waals surface area contributed by atoms with Crippen molar-refractivity contribution >= 4 is 11.9 Å². The van der Waals surface area contributed by atoms with Crippen LogP contribution in [0.25, 0.3) is 0 Å². The number of carboxylic acid groups (broad SMARTS) is 1. The quantitative estimate of drug-likeness (QED) is 0.623. The molecule has 0 aliphatic carbocycles. The van der Waals surface area contributed by atoms with Crippen LogP contribution in [0, 0.1) is 0 Å². The van der Waals surface area contributed by atoms with Gasteiger partial charge in [0.05, 0.1) is 0 Å². The van der Waals surface area contributed by atoms with Crippen LogP contribution < -0.4 is 0 Å². The molecule has 2 aliphatic heterocycles. The maximum atomic E-state index is 11.1. The van der Waals surface area contributed by atoms with Crippen LogP contribution in [0.5, 0.6) is 0 Å². The minimum absolute atomic E-state index is 0.148. The zero-order valence-corrected chi connectivity index (χ0v) is 10.9. The fraction of sp³-hybridized carbons (Fsp3) is 0.692. The van der Waals surface area contributed by atoms with Gasteiger partial charge in [-0.05, 0) is 19.3 Å². The number of esters is 1. The van der Waals surface area contributed by atoms with Gasteiger partial charge >= 0.3 is 11.9 Å². The number of cyclic esters (lactones) is 1. The number of rotatable bonds is 3. The Hall–Kier alpha value is -1.40. The number of ether oxygens (including phenoxy) is 3. The van der Waals surface area contributed by atoms with E-state index in [1.54, 1.807) is 0 Å². The first-order valence-electron chi connectivity index (χ1n) is 6.43. The molecule has 2 unspecified atom stereocenters. The van der Waals surface area contributed by atoms with E-state index in [0.29, 0.717) is 6.42 Å². The van der Waals surface area contributed by atoms with E-state index in [1.165, 1.54) is 0 Å². The lowest BCUT2D eigenvalue weighted by atomic mass is 10.2. The molecule has 0 aromatic rings. The Morgan fingerprint density at radius 1 is 1.32 bits per heavy atom. The molecule has 0 radical (unpaired) electrons. The largest absolute Gasteiger partial charge is 0.478 e. The standard InChI is InChI=1S/C10H16O4.C3H4O2/c11-8-4-1-2-5-10(13-8)14-9-6-3-7-12-9;1-2-3(4)5/h9-10H,1-7H2;2H,1H2,(H,4,5). The van der Waals surface area contributed by atoms with Crippen molar-refractivity contribution in [1.82, 2.24) is 0 Å². The van der Waals surface area contributed by atoms with Gasteiger partial charge in [0.2, 0.25) is 6.29 Å². The molecule has 2 saturated heterocycles. The van der Waals surface area contributed by atoms with Gasteiger partial charge in [0.1, 0.15) is 0 Å². The molecule has 0 bridgehead atoms. The SMILES string of the molecule is C=CC(=O)O.O=C1CCCCC(OC2CCCO2)O1. The Morgan fingerprint density at radius 2 is 2.00 bits per heavy atom. The molecule has 2 aliphatic rings. The summed E-state index contributed by atoms with van der Waals surface area (Å²) in [6.45, 7) is 3.72. The average Bonchev–Trinajstić information content (AvgIpc) is 2.79. The molecule has 2 heterocycles. The molecule has 2 fully saturated rings. The Bertz CT molecular complexity index is 308. The predicted octanol–water partition coefficient (Wildman–Crippen LogP) is 1.84. The summed E-state index contributed by atoms with van der Waals surface area (Å²) < 4.78 is 16.0. The zero-order valence-electron chi connectivity index (χ0n) is 10.9. The first kappa shape index (κ1) is 15.7. The van der Waals surface area contributed by atoms with E-state index >= 15 is 0 Å². The molecule has 0 saturated carbocycles. The maximum absolute atomic E-state index is 11.1. The van der Waals surface area contributed by atoms with E-state index < -0.39 is 5.97 Å². The number of hydrogen-bond donors (Lipinski definition) is 1. The second-order valence-corrected chi connectivity index (χ2v) is 4.29. The molecule has 0 spiro atoms. The third-order valence-corrected chi connectivity index (χ3v) is 2.70. The lowest BCUT2D eigenvalue weighted by Crippen LogP contribution is -2.25. The summed E-state index contributed by atoms with van der Waals surface area (Å²) in [5.41, 5.74) is 0. The van der Waals surface area contributed by atoms with Crippen LogP contribution in [0.15, 0.2) is 12.7 Å². The number of carbonyl (C=O) groups excluding carboxylic acids is 1. The molecular formula is C13H20O6. The molecule has 6 heteroatoms. The smallest absolute Gasteiger partial charge is 0.327 e. The minimum Gasteiger partial charge on any atom is -0.478 e. The van der Waals surface area contributed by atoms with Gasteiger partial charge in [0, 0.05) is 31.9 Å². The van der Waals surface area contributed by atoms with Crippen molar-refractivity contribution in [2.75, 3.05) is 6.61 Å². The molecule has 108 valence electrons. The summed E-state index contributed by atoms with van der Waals surface area (Å²) in [5, 5.41) is 7.60. The van der Waals surface area contributed by atoms with Gasteiger partial charge in [-0.15, -0.1) is 0 Å². The highest BCUT2D eigenvalue weighted by Crippen LogP contribution is 2.21. The van der Waals surface area contributed by atoms with Gasteiger partial charge in [0.25, 0.3) is 0 Å². The minimum atomic E-state index is -0.981. The summed E-state index contributed by atoms with van der Waals surface area (Å²) >= 11 is 0. The van der Waals surface area contributed by atoms with Crippen LogP contribution in [0.1, 0.15) is 38.5 Å². The summed E-state index contributed by atoms with van der Waals surface area (Å²) in [5.74, 6) is -1.13. The van der Waals surface area contributed by atoms with Crippen molar-refractivity contribution < 1.29 is 28.9 Å². The Kier molecular flexibility index (Phi) is 7.14. The molecule has 1 N–H and O–H groups in total. The van der Waals surface area contributed by atoms with Crippen LogP contribution in [-0.4, -0.2) is 36.2 Å². The van der Waals surface area contributed by atoms with Crippen molar-refractivity contribution in [3.05, 3.63) is 12.7 Å². The second kappa shape index (κ2) is 8.66. The van der Waals surface area contributed by atoms with Crippen LogP contribution in [-0.2, 0) is 23.8 Å². The highest BCUT2D eigenvalue weighted by molar-refractivity contribution is 5.78. The Morgan fingerprint density at radius 3 is 2.58 bits per heavy atom. The lowest BCUT2D eigenvalue weighted by Gasteiger charge is -2.19. The number of carbonyl (C=O) groups is 2. The van der Waals surface area contributed by atoms with Crippen molar-refractivity contribution in [3.63, 3.8) is 0 Å². The zero-order chi connectivity index (χ0) is 14.1. The molecule has 2 atom stereocenters. The van der Waals surface area contributed by atoms with Crippen molar-refractivity contribution in [1.29, 1.82) is 0 Å². The lowest BCUT2D eigenvalue weighted by molar-refractivity contribution is -0.227. The molecule has 0 aromatic carbocycles.